The molecule has 0 aromatic carbocycles. The second kappa shape index (κ2) is 4.39. The molecular formula is C9H8BrCl2N3O. The summed E-state index contributed by atoms with van der Waals surface area (Å²) in [5.74, 6) is -0.0282. The van der Waals surface area contributed by atoms with Gasteiger partial charge in [0.05, 0.1) is 5.69 Å². The van der Waals surface area contributed by atoms with Crippen LogP contribution in [-0.4, -0.2) is 22.3 Å². The zero-order chi connectivity index (χ0) is 11.9. The van der Waals surface area contributed by atoms with Crippen molar-refractivity contribution in [1.29, 1.82) is 0 Å². The maximum Gasteiger partial charge on any atom is 0.228 e. The lowest BCUT2D eigenvalue weighted by Gasteiger charge is -2.19. The third kappa shape index (κ3) is 2.12. The molecule has 1 aromatic rings. The predicted octanol–water partition coefficient (Wildman–Crippen LogP) is 2.47. The van der Waals surface area contributed by atoms with Crippen LogP contribution < -0.4 is 10.6 Å². The van der Waals surface area contributed by atoms with Gasteiger partial charge in [-0.15, -0.1) is 0 Å². The van der Waals surface area contributed by atoms with Crippen molar-refractivity contribution in [2.45, 2.75) is 11.2 Å². The number of anilines is 2. The highest BCUT2D eigenvalue weighted by Crippen LogP contribution is 2.36. The van der Waals surface area contributed by atoms with Crippen LogP contribution in [0.15, 0.2) is 6.07 Å². The van der Waals surface area contributed by atoms with Gasteiger partial charge in [-0.2, -0.15) is 0 Å². The lowest BCUT2D eigenvalue weighted by molar-refractivity contribution is -0.117. The number of rotatable bonds is 1. The Morgan fingerprint density at radius 3 is 2.75 bits per heavy atom. The Labute approximate surface area is 111 Å². The smallest absolute Gasteiger partial charge is 0.228 e. The van der Waals surface area contributed by atoms with Gasteiger partial charge < -0.3 is 10.6 Å². The van der Waals surface area contributed by atoms with Crippen molar-refractivity contribution in [2.75, 3.05) is 17.2 Å². The van der Waals surface area contributed by atoms with Crippen LogP contribution in [0.2, 0.25) is 10.3 Å². The first kappa shape index (κ1) is 12.0. The normalized spacial score (nSPS) is 20.6. The molecule has 4 nitrogen and oxygen atoms in total. The number of nitrogens with zero attached hydrogens (tertiary/aromatic N) is 2. The zero-order valence-corrected chi connectivity index (χ0v) is 11.2. The fourth-order valence-electron chi connectivity index (χ4n) is 1.64. The summed E-state index contributed by atoms with van der Waals surface area (Å²) < 4.78 is 0. The molecule has 1 atom stereocenters. The van der Waals surface area contributed by atoms with Crippen molar-refractivity contribution in [1.82, 2.24) is 4.98 Å². The Morgan fingerprint density at radius 1 is 1.56 bits per heavy atom. The van der Waals surface area contributed by atoms with Crippen LogP contribution in [0, 0.1) is 0 Å². The number of carbonyl (C=O) groups excluding carboxylic acids is 1. The summed E-state index contributed by atoms with van der Waals surface area (Å²) in [5.41, 5.74) is 6.60. The Balaban J connectivity index is 2.44. The molecule has 1 saturated heterocycles. The van der Waals surface area contributed by atoms with E-state index in [0.29, 0.717) is 24.3 Å². The van der Waals surface area contributed by atoms with Gasteiger partial charge in [0.1, 0.15) is 10.8 Å². The topological polar surface area (TPSA) is 59.2 Å². The van der Waals surface area contributed by atoms with E-state index in [1.807, 2.05) is 0 Å². The predicted molar refractivity (Wildman–Crippen MR) is 68.4 cm³/mol. The number of pyridine rings is 1. The first-order valence-corrected chi connectivity index (χ1v) is 6.22. The molecule has 1 fully saturated rings. The molecular weight excluding hydrogens is 317 g/mol. The molecule has 2 N–H and O–H groups in total. The number of hydrogen-bond acceptors (Lipinski definition) is 3. The fraction of sp³-hybridized carbons (Fsp3) is 0.333. The van der Waals surface area contributed by atoms with Gasteiger partial charge in [-0.05, 0) is 0 Å². The summed E-state index contributed by atoms with van der Waals surface area (Å²) in [6.45, 7) is 0.534. The number of aromatic nitrogens is 1. The van der Waals surface area contributed by atoms with Gasteiger partial charge in [0.15, 0.2) is 5.15 Å². The van der Waals surface area contributed by atoms with Crippen LogP contribution in [0.5, 0.6) is 0 Å². The largest absolute Gasteiger partial charge is 0.397 e. The van der Waals surface area contributed by atoms with Crippen molar-refractivity contribution in [3.05, 3.63) is 16.4 Å². The molecule has 1 unspecified atom stereocenters. The minimum Gasteiger partial charge on any atom is -0.397 e. The van der Waals surface area contributed by atoms with Gasteiger partial charge in [0.2, 0.25) is 5.91 Å². The standard InChI is InChI=1S/C9H8BrCl2N3O/c10-4-1-7(16)15(3-4)8-5(13)2-6(11)14-9(8)12/h2,4H,1,3H2,(H2,13,14). The molecule has 0 radical (unpaired) electrons. The number of amides is 1. The second-order valence-electron chi connectivity index (χ2n) is 3.48. The monoisotopic (exact) mass is 323 g/mol. The van der Waals surface area contributed by atoms with Crippen LogP contribution in [0.25, 0.3) is 0 Å². The SMILES string of the molecule is Nc1cc(Cl)nc(Cl)c1N1CC(Br)CC1=O. The number of alkyl halides is 1. The molecule has 0 aliphatic carbocycles. The zero-order valence-electron chi connectivity index (χ0n) is 8.08. The molecule has 2 heterocycles. The maximum absolute atomic E-state index is 11.7. The molecule has 86 valence electrons. The first-order valence-electron chi connectivity index (χ1n) is 4.55. The van der Waals surface area contributed by atoms with Gasteiger partial charge in [-0.25, -0.2) is 4.98 Å². The fourth-order valence-corrected chi connectivity index (χ4v) is 2.76. The lowest BCUT2D eigenvalue weighted by Crippen LogP contribution is -2.26. The van der Waals surface area contributed by atoms with Gasteiger partial charge in [-0.3, -0.25) is 4.79 Å². The minimum atomic E-state index is -0.0282. The highest BCUT2D eigenvalue weighted by molar-refractivity contribution is 9.09. The average molecular weight is 325 g/mol. The molecule has 2 rings (SSSR count). The van der Waals surface area contributed by atoms with Crippen molar-refractivity contribution < 1.29 is 4.79 Å². The summed E-state index contributed by atoms with van der Waals surface area (Å²) in [5, 5.41) is 0.369. The molecule has 1 amide bonds. The van der Waals surface area contributed by atoms with E-state index in [4.69, 9.17) is 28.9 Å². The second-order valence-corrected chi connectivity index (χ2v) is 5.52. The molecule has 1 aliphatic heterocycles. The Morgan fingerprint density at radius 2 is 2.25 bits per heavy atom. The summed E-state index contributed by atoms with van der Waals surface area (Å²) in [6, 6.07) is 1.48. The van der Waals surface area contributed by atoms with Gasteiger partial charge in [0, 0.05) is 23.9 Å². The van der Waals surface area contributed by atoms with Crippen molar-refractivity contribution >= 4 is 56.4 Å². The van der Waals surface area contributed by atoms with Gasteiger partial charge in [-0.1, -0.05) is 39.1 Å². The van der Waals surface area contributed by atoms with Crippen LogP contribution in [0.1, 0.15) is 6.42 Å². The lowest BCUT2D eigenvalue weighted by atomic mass is 10.3. The number of nitrogen functional groups attached to an aromatic ring is 1. The minimum absolute atomic E-state index is 0.0282. The van der Waals surface area contributed by atoms with Crippen molar-refractivity contribution in [3.63, 3.8) is 0 Å². The number of hydrogen-bond donors (Lipinski definition) is 1. The van der Waals surface area contributed by atoms with Crippen molar-refractivity contribution in [3.8, 4) is 0 Å². The molecule has 16 heavy (non-hydrogen) atoms. The summed E-state index contributed by atoms with van der Waals surface area (Å²) in [6.07, 6.45) is 0.429. The van der Waals surface area contributed by atoms with Gasteiger partial charge in [0.25, 0.3) is 0 Å². The maximum atomic E-state index is 11.7. The van der Waals surface area contributed by atoms with E-state index >= 15 is 0 Å². The third-order valence-corrected chi connectivity index (χ3v) is 3.37. The van der Waals surface area contributed by atoms with E-state index in [9.17, 15) is 4.79 Å². The van der Waals surface area contributed by atoms with E-state index in [0.717, 1.165) is 0 Å². The molecule has 0 saturated carbocycles. The number of carbonyl (C=O) groups is 1. The quantitative estimate of drug-likeness (QED) is 0.637. The highest BCUT2D eigenvalue weighted by Gasteiger charge is 2.31. The Bertz CT molecular complexity index is 431. The highest BCUT2D eigenvalue weighted by atomic mass is 79.9. The molecule has 1 aromatic heterocycles. The first-order chi connectivity index (χ1) is 7.49. The van der Waals surface area contributed by atoms with Crippen molar-refractivity contribution in [2.24, 2.45) is 0 Å². The summed E-state index contributed by atoms with van der Waals surface area (Å²) >= 11 is 15.0. The Kier molecular flexibility index (Phi) is 3.28. The van der Waals surface area contributed by atoms with Crippen LogP contribution in [0.4, 0.5) is 11.4 Å². The summed E-state index contributed by atoms with van der Waals surface area (Å²) in [4.78, 5) is 17.2. The van der Waals surface area contributed by atoms with E-state index in [2.05, 4.69) is 20.9 Å². The van der Waals surface area contributed by atoms with Gasteiger partial charge >= 0.3 is 0 Å². The van der Waals surface area contributed by atoms with E-state index < -0.39 is 0 Å². The molecule has 1 aliphatic rings. The Hall–Kier alpha value is -0.520. The molecule has 0 spiro atoms. The van der Waals surface area contributed by atoms with E-state index in [1.54, 1.807) is 0 Å². The van der Waals surface area contributed by atoms with Crippen LogP contribution >= 0.6 is 39.1 Å². The van der Waals surface area contributed by atoms with Crippen LogP contribution in [-0.2, 0) is 4.79 Å². The third-order valence-electron chi connectivity index (χ3n) is 2.30. The van der Waals surface area contributed by atoms with Crippen LogP contribution in [0.3, 0.4) is 0 Å². The number of halogens is 3. The molecule has 7 heteroatoms. The molecule has 0 bridgehead atoms. The van der Waals surface area contributed by atoms with E-state index in [1.165, 1.54) is 11.0 Å². The average Bonchev–Trinajstić information content (AvgIpc) is 2.43. The summed E-state index contributed by atoms with van der Waals surface area (Å²) in [7, 11) is 0. The number of nitrogens with two attached hydrogens (primary N) is 1. The van der Waals surface area contributed by atoms with E-state index in [-0.39, 0.29) is 21.0 Å².